The smallest absolute Gasteiger partial charge is 0.412 e. The Labute approximate surface area is 113 Å². The van der Waals surface area contributed by atoms with Crippen molar-refractivity contribution in [1.29, 1.82) is 0 Å². The van der Waals surface area contributed by atoms with Gasteiger partial charge in [0.05, 0.1) is 13.3 Å². The van der Waals surface area contributed by atoms with Gasteiger partial charge in [-0.15, -0.1) is 5.10 Å². The highest BCUT2D eigenvalue weighted by Gasteiger charge is 2.09. The number of rotatable bonds is 4. The van der Waals surface area contributed by atoms with Crippen molar-refractivity contribution >= 4 is 23.6 Å². The van der Waals surface area contributed by atoms with Crippen LogP contribution in [0, 0.1) is 0 Å². The second-order valence-corrected chi connectivity index (χ2v) is 3.52. The van der Waals surface area contributed by atoms with Crippen LogP contribution in [0.3, 0.4) is 0 Å². The number of carbonyl (C=O) groups excluding carboxylic acids is 2. The molecule has 2 rings (SSSR count). The van der Waals surface area contributed by atoms with Gasteiger partial charge >= 0.3 is 6.09 Å². The molecule has 0 aliphatic heterocycles. The van der Waals surface area contributed by atoms with Crippen LogP contribution in [0.5, 0.6) is 0 Å². The normalized spacial score (nSPS) is 9.85. The van der Waals surface area contributed by atoms with E-state index in [-0.39, 0.29) is 18.3 Å². The second kappa shape index (κ2) is 6.22. The lowest BCUT2D eigenvalue weighted by molar-refractivity contribution is -0.117. The third-order valence-corrected chi connectivity index (χ3v) is 2.09. The number of anilines is 2. The summed E-state index contributed by atoms with van der Waals surface area (Å²) in [4.78, 5) is 31.3. The molecule has 0 radical (unpaired) electrons. The third kappa shape index (κ3) is 3.73. The van der Waals surface area contributed by atoms with E-state index < -0.39 is 6.09 Å². The lowest BCUT2D eigenvalue weighted by Gasteiger charge is -2.02. The standard InChI is InChI=1S/C10H11N7O3/c1-20-10(19)15-8-4-13-17(16-8)5-9(18)14-7-2-3-11-6-12-7/h2-4,6H,5H2,1H3,(H,15,16,19)(H,11,12,14,18). The van der Waals surface area contributed by atoms with Gasteiger partial charge in [-0.3, -0.25) is 10.1 Å². The minimum absolute atomic E-state index is 0.118. The van der Waals surface area contributed by atoms with E-state index in [1.54, 1.807) is 6.07 Å². The van der Waals surface area contributed by atoms with Crippen LogP contribution in [0.4, 0.5) is 16.4 Å². The van der Waals surface area contributed by atoms with Crippen molar-refractivity contribution in [3.63, 3.8) is 0 Å². The number of carbonyl (C=O) groups is 2. The largest absolute Gasteiger partial charge is 0.453 e. The van der Waals surface area contributed by atoms with Crippen molar-refractivity contribution < 1.29 is 14.3 Å². The zero-order valence-corrected chi connectivity index (χ0v) is 10.5. The Bertz CT molecular complexity index is 598. The van der Waals surface area contributed by atoms with E-state index in [0.29, 0.717) is 5.82 Å². The summed E-state index contributed by atoms with van der Waals surface area (Å²) in [6, 6.07) is 1.55. The van der Waals surface area contributed by atoms with Crippen LogP contribution >= 0.6 is 0 Å². The molecule has 2 N–H and O–H groups in total. The van der Waals surface area contributed by atoms with Gasteiger partial charge in [-0.25, -0.2) is 14.8 Å². The Morgan fingerprint density at radius 3 is 2.90 bits per heavy atom. The summed E-state index contributed by atoms with van der Waals surface area (Å²) in [5, 5.41) is 12.6. The summed E-state index contributed by atoms with van der Waals surface area (Å²) in [6.45, 7) is -0.118. The maximum Gasteiger partial charge on any atom is 0.412 e. The summed E-state index contributed by atoms with van der Waals surface area (Å²) in [5.41, 5.74) is 0. The molecular formula is C10H11N7O3. The highest BCUT2D eigenvalue weighted by Crippen LogP contribution is 2.01. The Morgan fingerprint density at radius 1 is 1.35 bits per heavy atom. The molecule has 2 amide bonds. The lowest BCUT2D eigenvalue weighted by atomic mass is 10.5. The number of amides is 2. The molecule has 0 fully saturated rings. The summed E-state index contributed by atoms with van der Waals surface area (Å²) in [6.07, 6.45) is 3.46. The first-order chi connectivity index (χ1) is 9.67. The molecule has 2 aromatic heterocycles. The van der Waals surface area contributed by atoms with Crippen molar-refractivity contribution in [3.8, 4) is 0 Å². The zero-order valence-electron chi connectivity index (χ0n) is 10.5. The molecule has 10 nitrogen and oxygen atoms in total. The average Bonchev–Trinajstić information content (AvgIpc) is 2.86. The first-order valence-electron chi connectivity index (χ1n) is 5.48. The predicted octanol–water partition coefficient (Wildman–Crippen LogP) is -0.115. The topological polar surface area (TPSA) is 124 Å². The van der Waals surface area contributed by atoms with E-state index in [4.69, 9.17) is 0 Å². The van der Waals surface area contributed by atoms with Crippen molar-refractivity contribution in [3.05, 3.63) is 24.8 Å². The van der Waals surface area contributed by atoms with Gasteiger partial charge in [0.15, 0.2) is 5.82 Å². The number of nitrogens with one attached hydrogen (secondary N) is 2. The molecule has 20 heavy (non-hydrogen) atoms. The van der Waals surface area contributed by atoms with Crippen LogP contribution in [-0.4, -0.2) is 44.1 Å². The predicted molar refractivity (Wildman–Crippen MR) is 66.7 cm³/mol. The van der Waals surface area contributed by atoms with Crippen molar-refractivity contribution in [2.24, 2.45) is 0 Å². The monoisotopic (exact) mass is 277 g/mol. The maximum atomic E-state index is 11.7. The minimum Gasteiger partial charge on any atom is -0.453 e. The fraction of sp³-hybridized carbons (Fsp3) is 0.200. The molecule has 10 heteroatoms. The second-order valence-electron chi connectivity index (χ2n) is 3.52. The molecule has 0 unspecified atom stereocenters. The third-order valence-electron chi connectivity index (χ3n) is 2.09. The first-order valence-corrected chi connectivity index (χ1v) is 5.48. The molecule has 2 aromatic rings. The maximum absolute atomic E-state index is 11.7. The van der Waals surface area contributed by atoms with Crippen LogP contribution in [0.15, 0.2) is 24.8 Å². The molecule has 0 saturated heterocycles. The Kier molecular flexibility index (Phi) is 4.17. The quantitative estimate of drug-likeness (QED) is 0.798. The van der Waals surface area contributed by atoms with Crippen LogP contribution < -0.4 is 10.6 Å². The van der Waals surface area contributed by atoms with Gasteiger partial charge in [0, 0.05) is 6.20 Å². The molecule has 0 atom stereocenters. The number of hydrogen-bond donors (Lipinski definition) is 2. The SMILES string of the molecule is COC(=O)Nc1cnn(CC(=O)Nc2ccncn2)n1. The Hall–Kier alpha value is -3.04. The van der Waals surface area contributed by atoms with E-state index >= 15 is 0 Å². The van der Waals surface area contributed by atoms with E-state index in [1.807, 2.05) is 0 Å². The van der Waals surface area contributed by atoms with E-state index in [2.05, 4.69) is 35.5 Å². The fourth-order valence-electron chi connectivity index (χ4n) is 1.26. The fourth-order valence-corrected chi connectivity index (χ4v) is 1.26. The van der Waals surface area contributed by atoms with E-state index in [9.17, 15) is 9.59 Å². The lowest BCUT2D eigenvalue weighted by Crippen LogP contribution is -2.21. The van der Waals surface area contributed by atoms with Crippen molar-refractivity contribution in [2.75, 3.05) is 17.7 Å². The van der Waals surface area contributed by atoms with Crippen LogP contribution in [0.2, 0.25) is 0 Å². The van der Waals surface area contributed by atoms with Gasteiger partial charge in [0.1, 0.15) is 18.7 Å². The molecule has 0 aliphatic rings. The molecule has 0 aliphatic carbocycles. The van der Waals surface area contributed by atoms with Crippen molar-refractivity contribution in [1.82, 2.24) is 25.0 Å². The summed E-state index contributed by atoms with van der Waals surface area (Å²) in [5.74, 6) is 0.209. The number of ether oxygens (including phenoxy) is 1. The number of nitrogens with zero attached hydrogens (tertiary/aromatic N) is 5. The average molecular weight is 277 g/mol. The van der Waals surface area contributed by atoms with Gasteiger partial charge in [0.2, 0.25) is 5.91 Å². The molecule has 0 spiro atoms. The van der Waals surface area contributed by atoms with Gasteiger partial charge < -0.3 is 10.1 Å². The number of methoxy groups -OCH3 is 1. The van der Waals surface area contributed by atoms with Gasteiger partial charge in [-0.1, -0.05) is 0 Å². The molecule has 0 saturated carbocycles. The Morgan fingerprint density at radius 2 is 2.20 bits per heavy atom. The number of aromatic nitrogens is 5. The van der Waals surface area contributed by atoms with Crippen LogP contribution in [0.25, 0.3) is 0 Å². The molecule has 0 bridgehead atoms. The first kappa shape index (κ1) is 13.4. The number of hydrogen-bond acceptors (Lipinski definition) is 7. The van der Waals surface area contributed by atoms with E-state index in [0.717, 1.165) is 4.80 Å². The molecule has 2 heterocycles. The van der Waals surface area contributed by atoms with Crippen LogP contribution in [-0.2, 0) is 16.1 Å². The van der Waals surface area contributed by atoms with Crippen molar-refractivity contribution in [2.45, 2.75) is 6.54 Å². The van der Waals surface area contributed by atoms with Crippen LogP contribution in [0.1, 0.15) is 0 Å². The highest BCUT2D eigenvalue weighted by atomic mass is 16.5. The molecule has 104 valence electrons. The van der Waals surface area contributed by atoms with Gasteiger partial charge in [0.25, 0.3) is 0 Å². The zero-order chi connectivity index (χ0) is 14.4. The summed E-state index contributed by atoms with van der Waals surface area (Å²) < 4.78 is 4.40. The molecular weight excluding hydrogens is 266 g/mol. The minimum atomic E-state index is -0.664. The summed E-state index contributed by atoms with van der Waals surface area (Å²) >= 11 is 0. The highest BCUT2D eigenvalue weighted by molar-refractivity contribution is 5.89. The Balaban J connectivity index is 1.90. The molecule has 0 aromatic carbocycles. The van der Waals surface area contributed by atoms with Gasteiger partial charge in [-0.05, 0) is 6.07 Å². The van der Waals surface area contributed by atoms with Gasteiger partial charge in [-0.2, -0.15) is 9.90 Å². The summed E-state index contributed by atoms with van der Waals surface area (Å²) in [7, 11) is 1.23. The van der Waals surface area contributed by atoms with E-state index in [1.165, 1.54) is 25.8 Å².